The van der Waals surface area contributed by atoms with Crippen molar-refractivity contribution in [1.29, 1.82) is 0 Å². The molecule has 0 aromatic carbocycles. The molecule has 0 saturated heterocycles. The number of hydrogen-bond donors (Lipinski definition) is 0. The molecule has 2 aromatic heterocycles. The van der Waals surface area contributed by atoms with Gasteiger partial charge < -0.3 is 0 Å². The summed E-state index contributed by atoms with van der Waals surface area (Å²) in [5, 5.41) is 12.3. The number of thiophene rings is 2. The van der Waals surface area contributed by atoms with Crippen LogP contribution < -0.4 is 0 Å². The van der Waals surface area contributed by atoms with E-state index in [1.807, 2.05) is 35.0 Å². The maximum atomic E-state index is 5.95. The van der Waals surface area contributed by atoms with Crippen LogP contribution in [0.3, 0.4) is 0 Å². The normalized spacial score (nSPS) is 13.1. The molecule has 2 aromatic rings. The summed E-state index contributed by atoms with van der Waals surface area (Å²) < 4.78 is 0. The lowest BCUT2D eigenvalue weighted by Crippen LogP contribution is -1.88. The average Bonchev–Trinajstić information content (AvgIpc) is 2.95. The van der Waals surface area contributed by atoms with Gasteiger partial charge in [-0.05, 0) is 22.9 Å². The van der Waals surface area contributed by atoms with E-state index >= 15 is 0 Å². The van der Waals surface area contributed by atoms with Gasteiger partial charge in [0.1, 0.15) is 0 Å². The van der Waals surface area contributed by atoms with Gasteiger partial charge in [-0.3, -0.25) is 0 Å². The summed E-state index contributed by atoms with van der Waals surface area (Å²) in [7, 11) is 0. The summed E-state index contributed by atoms with van der Waals surface area (Å²) in [6.07, 6.45) is 0. The van der Waals surface area contributed by atoms with E-state index < -0.39 is 0 Å². The van der Waals surface area contributed by atoms with E-state index in [0.717, 1.165) is 9.75 Å². The average molecular weight is 289 g/mol. The Morgan fingerprint density at radius 2 is 1.31 bits per heavy atom. The molecule has 0 bridgehead atoms. The Morgan fingerprint density at radius 3 is 1.62 bits per heavy atom. The highest BCUT2D eigenvalue weighted by Gasteiger charge is 2.02. The first-order valence-electron chi connectivity index (χ1n) is 4.32. The summed E-state index contributed by atoms with van der Waals surface area (Å²) in [4.78, 5) is 1.75. The maximum absolute atomic E-state index is 5.95. The Bertz CT molecular complexity index is 453. The van der Waals surface area contributed by atoms with Crippen LogP contribution in [0.2, 0.25) is 0 Å². The molecular formula is C10H6Cl2N2S2. The van der Waals surface area contributed by atoms with Crippen molar-refractivity contribution in [3.63, 3.8) is 0 Å². The Balaban J connectivity index is 2.17. The highest BCUT2D eigenvalue weighted by Crippen LogP contribution is 2.15. The third-order valence-electron chi connectivity index (χ3n) is 1.67. The Kier molecular flexibility index (Phi) is 4.12. The Hall–Kier alpha value is -0.680. The van der Waals surface area contributed by atoms with E-state index in [1.54, 1.807) is 0 Å². The van der Waals surface area contributed by atoms with E-state index in [4.69, 9.17) is 23.2 Å². The monoisotopic (exact) mass is 288 g/mol. The molecule has 0 fully saturated rings. The van der Waals surface area contributed by atoms with Gasteiger partial charge in [0.05, 0.1) is 9.75 Å². The van der Waals surface area contributed by atoms with Crippen LogP contribution >= 0.6 is 45.9 Å². The topological polar surface area (TPSA) is 24.7 Å². The Morgan fingerprint density at radius 1 is 0.875 bits per heavy atom. The van der Waals surface area contributed by atoms with Gasteiger partial charge >= 0.3 is 0 Å². The molecule has 0 atom stereocenters. The molecule has 0 saturated carbocycles. The van der Waals surface area contributed by atoms with E-state index in [-0.39, 0.29) is 0 Å². The molecule has 0 radical (unpaired) electrons. The zero-order valence-electron chi connectivity index (χ0n) is 7.93. The van der Waals surface area contributed by atoms with Crippen molar-refractivity contribution in [3.05, 3.63) is 44.8 Å². The minimum atomic E-state index is 0.352. The molecule has 2 nitrogen and oxygen atoms in total. The maximum Gasteiger partial charge on any atom is 0.168 e. The van der Waals surface area contributed by atoms with Crippen LogP contribution in [-0.4, -0.2) is 10.3 Å². The third kappa shape index (κ3) is 2.92. The molecule has 2 heterocycles. The molecule has 6 heteroatoms. The van der Waals surface area contributed by atoms with Crippen molar-refractivity contribution in [3.8, 4) is 0 Å². The van der Waals surface area contributed by atoms with Crippen molar-refractivity contribution >= 4 is 56.2 Å². The summed E-state index contributed by atoms with van der Waals surface area (Å²) >= 11 is 14.9. The summed E-state index contributed by atoms with van der Waals surface area (Å²) in [6, 6.07) is 7.57. The fraction of sp³-hybridized carbons (Fsp3) is 0. The van der Waals surface area contributed by atoms with E-state index in [1.165, 1.54) is 22.7 Å². The van der Waals surface area contributed by atoms with Gasteiger partial charge in [0.15, 0.2) is 10.3 Å². The third-order valence-corrected chi connectivity index (χ3v) is 4.21. The number of halogens is 2. The van der Waals surface area contributed by atoms with Crippen LogP contribution in [-0.2, 0) is 0 Å². The van der Waals surface area contributed by atoms with Crippen molar-refractivity contribution in [2.45, 2.75) is 0 Å². The zero-order valence-corrected chi connectivity index (χ0v) is 11.1. The minimum Gasteiger partial charge on any atom is -0.141 e. The zero-order chi connectivity index (χ0) is 11.4. The summed E-state index contributed by atoms with van der Waals surface area (Å²) in [6.45, 7) is 0. The van der Waals surface area contributed by atoms with Crippen LogP contribution in [0.25, 0.3) is 0 Å². The molecule has 0 aliphatic carbocycles. The van der Waals surface area contributed by atoms with Gasteiger partial charge in [-0.25, -0.2) is 0 Å². The van der Waals surface area contributed by atoms with Gasteiger partial charge in [0.25, 0.3) is 0 Å². The largest absolute Gasteiger partial charge is 0.168 e. The van der Waals surface area contributed by atoms with Crippen LogP contribution in [0, 0.1) is 0 Å². The first-order chi connectivity index (χ1) is 7.77. The fourth-order valence-corrected chi connectivity index (χ4v) is 2.64. The van der Waals surface area contributed by atoms with Crippen molar-refractivity contribution in [2.75, 3.05) is 0 Å². The SMILES string of the molecule is ClC(=NN=C(Cl)c1cccs1)c1cccs1. The molecule has 0 N–H and O–H groups in total. The van der Waals surface area contributed by atoms with Crippen molar-refractivity contribution in [1.82, 2.24) is 0 Å². The smallest absolute Gasteiger partial charge is 0.141 e. The Labute approximate surface area is 111 Å². The van der Waals surface area contributed by atoms with Crippen LogP contribution in [0.4, 0.5) is 0 Å². The molecule has 0 unspecified atom stereocenters. The van der Waals surface area contributed by atoms with Crippen LogP contribution in [0.15, 0.2) is 45.2 Å². The van der Waals surface area contributed by atoms with Crippen LogP contribution in [0.1, 0.15) is 9.75 Å². The molecule has 2 rings (SSSR count). The molecule has 0 aliphatic rings. The molecule has 16 heavy (non-hydrogen) atoms. The first-order valence-corrected chi connectivity index (χ1v) is 6.83. The van der Waals surface area contributed by atoms with E-state index in [0.29, 0.717) is 10.3 Å². The molecule has 0 aliphatic heterocycles. The standard InChI is InChI=1S/C10H6Cl2N2S2/c11-9(7-3-1-5-15-7)13-14-10(12)8-4-2-6-16-8/h1-6H. The second-order valence-corrected chi connectivity index (χ2v) is 5.35. The summed E-state index contributed by atoms with van der Waals surface area (Å²) in [5.41, 5.74) is 0. The van der Waals surface area contributed by atoms with Gasteiger partial charge in [0.2, 0.25) is 0 Å². The molecular weight excluding hydrogens is 283 g/mol. The van der Waals surface area contributed by atoms with Gasteiger partial charge in [-0.15, -0.1) is 32.9 Å². The summed E-state index contributed by atoms with van der Waals surface area (Å²) in [5.74, 6) is 0. The predicted octanol–water partition coefficient (Wildman–Crippen LogP) is 4.40. The molecule has 0 spiro atoms. The van der Waals surface area contributed by atoms with Gasteiger partial charge in [-0.1, -0.05) is 35.3 Å². The lowest BCUT2D eigenvalue weighted by atomic mass is 10.5. The van der Waals surface area contributed by atoms with E-state index in [2.05, 4.69) is 10.2 Å². The lowest BCUT2D eigenvalue weighted by Gasteiger charge is -1.91. The first kappa shape index (κ1) is 11.8. The highest BCUT2D eigenvalue weighted by atomic mass is 35.5. The predicted molar refractivity (Wildman–Crippen MR) is 73.4 cm³/mol. The van der Waals surface area contributed by atoms with Crippen LogP contribution in [0.5, 0.6) is 0 Å². The minimum absolute atomic E-state index is 0.352. The van der Waals surface area contributed by atoms with Crippen molar-refractivity contribution in [2.24, 2.45) is 10.2 Å². The second kappa shape index (κ2) is 5.59. The fourth-order valence-electron chi connectivity index (χ4n) is 0.978. The number of nitrogens with zero attached hydrogens (tertiary/aromatic N) is 2. The molecule has 0 amide bonds. The number of hydrogen-bond acceptors (Lipinski definition) is 4. The highest BCUT2D eigenvalue weighted by molar-refractivity contribution is 7.14. The van der Waals surface area contributed by atoms with Gasteiger partial charge in [0, 0.05) is 0 Å². The molecule has 82 valence electrons. The van der Waals surface area contributed by atoms with E-state index in [9.17, 15) is 0 Å². The second-order valence-electron chi connectivity index (χ2n) is 2.74. The lowest BCUT2D eigenvalue weighted by molar-refractivity contribution is 1.26. The quantitative estimate of drug-likeness (QED) is 0.591. The van der Waals surface area contributed by atoms with Crippen molar-refractivity contribution < 1.29 is 0 Å². The number of rotatable bonds is 3. The van der Waals surface area contributed by atoms with Gasteiger partial charge in [-0.2, -0.15) is 0 Å².